The van der Waals surface area contributed by atoms with Crippen molar-refractivity contribution in [2.75, 3.05) is 18.5 Å². The van der Waals surface area contributed by atoms with E-state index in [9.17, 15) is 14.4 Å². The third kappa shape index (κ3) is 7.43. The van der Waals surface area contributed by atoms with Crippen LogP contribution in [0, 0.1) is 12.8 Å². The Morgan fingerprint density at radius 1 is 1.11 bits per heavy atom. The molecule has 0 aliphatic heterocycles. The zero-order valence-corrected chi connectivity index (χ0v) is 22.1. The van der Waals surface area contributed by atoms with Crippen molar-refractivity contribution in [2.45, 2.75) is 46.9 Å². The molecule has 0 saturated heterocycles. The van der Waals surface area contributed by atoms with Gasteiger partial charge in [0.05, 0.1) is 25.2 Å². The summed E-state index contributed by atoms with van der Waals surface area (Å²) in [5, 5.41) is 15.1. The molecule has 1 amide bonds. The van der Waals surface area contributed by atoms with Gasteiger partial charge in [0.15, 0.2) is 0 Å². The van der Waals surface area contributed by atoms with E-state index < -0.39 is 17.3 Å². The van der Waals surface area contributed by atoms with Crippen LogP contribution < -0.4 is 26.7 Å². The van der Waals surface area contributed by atoms with Gasteiger partial charge in [-0.1, -0.05) is 30.7 Å². The van der Waals surface area contributed by atoms with E-state index in [0.717, 1.165) is 21.4 Å². The van der Waals surface area contributed by atoms with Gasteiger partial charge in [-0.25, -0.2) is 14.2 Å². The lowest BCUT2D eigenvalue weighted by molar-refractivity contribution is -0.125. The topological polar surface area (TPSA) is 127 Å². The lowest BCUT2D eigenvalue weighted by Gasteiger charge is -2.18. The Labute approximate surface area is 219 Å². The van der Waals surface area contributed by atoms with E-state index in [0.29, 0.717) is 10.7 Å². The van der Waals surface area contributed by atoms with E-state index in [1.807, 2.05) is 32.9 Å². The van der Waals surface area contributed by atoms with Gasteiger partial charge in [0, 0.05) is 23.8 Å². The first-order valence-electron chi connectivity index (χ1n) is 12.0. The molecule has 0 aliphatic rings. The first-order valence-corrected chi connectivity index (χ1v) is 12.4. The molecule has 0 radical (unpaired) electrons. The molecule has 3 N–H and O–H groups in total. The Hall–Kier alpha value is -3.63. The molecule has 0 spiro atoms. The number of halogens is 1. The van der Waals surface area contributed by atoms with Crippen molar-refractivity contribution in [2.24, 2.45) is 5.92 Å². The third-order valence-corrected chi connectivity index (χ3v) is 5.76. The van der Waals surface area contributed by atoms with E-state index in [1.165, 1.54) is 4.57 Å². The number of carbonyl (C=O) groups excluding carboxylic acids is 1. The number of aryl methyl sites for hydroxylation is 1. The fourth-order valence-corrected chi connectivity index (χ4v) is 3.77. The van der Waals surface area contributed by atoms with Gasteiger partial charge in [0.25, 0.3) is 0 Å². The highest BCUT2D eigenvalue weighted by Gasteiger charge is 2.19. The van der Waals surface area contributed by atoms with E-state index >= 15 is 0 Å². The molecule has 0 unspecified atom stereocenters. The number of ether oxygens (including phenoxy) is 1. The molecular formula is C26H32ClN5O5. The van der Waals surface area contributed by atoms with Crippen molar-refractivity contribution in [1.82, 2.24) is 19.4 Å². The quantitative estimate of drug-likeness (QED) is 0.348. The fraction of sp³-hybridized carbons (Fsp3) is 0.385. The number of carbonyl (C=O) groups is 1. The van der Waals surface area contributed by atoms with Crippen molar-refractivity contribution in [3.63, 3.8) is 0 Å². The first kappa shape index (κ1) is 27.9. The molecule has 37 heavy (non-hydrogen) atoms. The van der Waals surface area contributed by atoms with Gasteiger partial charge >= 0.3 is 11.4 Å². The largest absolute Gasteiger partial charge is 0.491 e. The molecule has 1 aromatic heterocycles. The van der Waals surface area contributed by atoms with Crippen LogP contribution in [0.3, 0.4) is 0 Å². The molecule has 0 bridgehead atoms. The predicted molar refractivity (Wildman–Crippen MR) is 143 cm³/mol. The molecule has 10 nitrogen and oxygen atoms in total. The number of amides is 1. The molecular weight excluding hydrogens is 498 g/mol. The van der Waals surface area contributed by atoms with Crippen LogP contribution in [0.5, 0.6) is 5.75 Å². The van der Waals surface area contributed by atoms with Gasteiger partial charge in [-0.2, -0.15) is 4.98 Å². The standard InChI is InChI=1S/C26H32ClN5O5/c1-16(2)37-22-10-9-21(13-17(22)3)29-24-30-25(35)32(14-18(4)23(34)28-11-12-33)26(36)31(24)15-19-5-7-20(27)8-6-19/h5-10,13,16,18,33H,11-12,14-15H2,1-4H3,(H,28,34)(H,29,30,35)/t18-/m0/s1. The first-order chi connectivity index (χ1) is 17.6. The highest BCUT2D eigenvalue weighted by atomic mass is 35.5. The fourth-order valence-electron chi connectivity index (χ4n) is 3.65. The van der Waals surface area contributed by atoms with Gasteiger partial charge in [-0.05, 0) is 62.2 Å². The average molecular weight is 530 g/mol. The van der Waals surface area contributed by atoms with Gasteiger partial charge in [0.2, 0.25) is 11.9 Å². The zero-order chi connectivity index (χ0) is 27.1. The molecule has 3 aromatic rings. The Morgan fingerprint density at radius 2 is 1.81 bits per heavy atom. The number of anilines is 2. The Balaban J connectivity index is 2.00. The Kier molecular flexibility index (Phi) is 9.48. The van der Waals surface area contributed by atoms with E-state index in [-0.39, 0.29) is 44.2 Å². The number of aliphatic hydroxyl groups is 1. The van der Waals surface area contributed by atoms with Crippen molar-refractivity contribution in [3.8, 4) is 5.75 Å². The van der Waals surface area contributed by atoms with Crippen LogP contribution in [0.2, 0.25) is 5.02 Å². The lowest BCUT2D eigenvalue weighted by atomic mass is 10.1. The maximum atomic E-state index is 13.5. The number of hydrogen-bond donors (Lipinski definition) is 3. The van der Waals surface area contributed by atoms with Crippen LogP contribution in [0.1, 0.15) is 31.9 Å². The second-order valence-electron chi connectivity index (χ2n) is 9.01. The van der Waals surface area contributed by atoms with Crippen molar-refractivity contribution in [1.29, 1.82) is 0 Å². The summed E-state index contributed by atoms with van der Waals surface area (Å²) in [7, 11) is 0. The number of nitrogens with one attached hydrogen (secondary N) is 2. The minimum atomic E-state index is -0.779. The SMILES string of the molecule is Cc1cc(Nc2nc(=O)n(C[C@H](C)C(=O)NCCO)c(=O)n2Cc2ccc(Cl)cc2)ccc1OC(C)C. The summed E-state index contributed by atoms with van der Waals surface area (Å²) in [6, 6.07) is 12.4. The van der Waals surface area contributed by atoms with Crippen molar-refractivity contribution >= 4 is 29.1 Å². The van der Waals surface area contributed by atoms with Crippen LogP contribution in [-0.4, -0.2) is 44.4 Å². The van der Waals surface area contributed by atoms with Gasteiger partial charge < -0.3 is 20.5 Å². The summed E-state index contributed by atoms with van der Waals surface area (Å²) in [6.07, 6.45) is 0.0180. The predicted octanol–water partition coefficient (Wildman–Crippen LogP) is 2.69. The van der Waals surface area contributed by atoms with Crippen LogP contribution in [0.4, 0.5) is 11.6 Å². The second-order valence-corrected chi connectivity index (χ2v) is 9.45. The summed E-state index contributed by atoms with van der Waals surface area (Å²) in [5.41, 5.74) is 0.877. The van der Waals surface area contributed by atoms with Crippen LogP contribution in [0.15, 0.2) is 52.1 Å². The van der Waals surface area contributed by atoms with E-state index in [2.05, 4.69) is 15.6 Å². The highest BCUT2D eigenvalue weighted by Crippen LogP contribution is 2.24. The van der Waals surface area contributed by atoms with Gasteiger partial charge in [0.1, 0.15) is 5.75 Å². The molecule has 0 saturated carbocycles. The maximum absolute atomic E-state index is 13.5. The number of aromatic nitrogens is 3. The maximum Gasteiger partial charge on any atom is 0.354 e. The molecule has 3 rings (SSSR count). The number of nitrogens with zero attached hydrogens (tertiary/aromatic N) is 3. The summed E-state index contributed by atoms with van der Waals surface area (Å²) < 4.78 is 8.07. The van der Waals surface area contributed by atoms with Crippen LogP contribution >= 0.6 is 11.6 Å². The smallest absolute Gasteiger partial charge is 0.354 e. The number of rotatable bonds is 11. The molecule has 2 aromatic carbocycles. The van der Waals surface area contributed by atoms with Crippen LogP contribution in [-0.2, 0) is 17.9 Å². The highest BCUT2D eigenvalue weighted by molar-refractivity contribution is 6.30. The summed E-state index contributed by atoms with van der Waals surface area (Å²) >= 11 is 6.01. The van der Waals surface area contributed by atoms with E-state index in [4.69, 9.17) is 21.4 Å². The Bertz CT molecular complexity index is 1350. The lowest BCUT2D eigenvalue weighted by Crippen LogP contribution is -2.45. The minimum Gasteiger partial charge on any atom is -0.491 e. The monoisotopic (exact) mass is 529 g/mol. The van der Waals surface area contributed by atoms with E-state index in [1.54, 1.807) is 37.3 Å². The van der Waals surface area contributed by atoms with Crippen molar-refractivity contribution in [3.05, 3.63) is 79.6 Å². The number of hydrogen-bond acceptors (Lipinski definition) is 7. The second kappa shape index (κ2) is 12.6. The minimum absolute atomic E-state index is 0.0180. The Morgan fingerprint density at radius 3 is 2.43 bits per heavy atom. The summed E-state index contributed by atoms with van der Waals surface area (Å²) in [4.78, 5) is 42.8. The van der Waals surface area contributed by atoms with Gasteiger partial charge in [-0.3, -0.25) is 9.36 Å². The summed E-state index contributed by atoms with van der Waals surface area (Å²) in [5.74, 6) is -0.282. The zero-order valence-electron chi connectivity index (χ0n) is 21.3. The molecule has 0 aliphatic carbocycles. The molecule has 0 fully saturated rings. The molecule has 198 valence electrons. The normalized spacial score (nSPS) is 11.9. The molecule has 11 heteroatoms. The van der Waals surface area contributed by atoms with Gasteiger partial charge in [-0.15, -0.1) is 0 Å². The molecule has 1 atom stereocenters. The average Bonchev–Trinajstić information content (AvgIpc) is 2.85. The summed E-state index contributed by atoms with van der Waals surface area (Å²) in [6.45, 7) is 7.20. The number of benzene rings is 2. The van der Waals surface area contributed by atoms with Crippen molar-refractivity contribution < 1.29 is 14.6 Å². The third-order valence-electron chi connectivity index (χ3n) is 5.51. The molecule has 1 heterocycles. The number of aliphatic hydroxyl groups excluding tert-OH is 1. The van der Waals surface area contributed by atoms with Crippen LogP contribution in [0.25, 0.3) is 0 Å².